The van der Waals surface area contributed by atoms with Crippen molar-refractivity contribution >= 4 is 56.8 Å². The first kappa shape index (κ1) is 23.4. The van der Waals surface area contributed by atoms with E-state index >= 15 is 0 Å². The van der Waals surface area contributed by atoms with Crippen LogP contribution in [0.3, 0.4) is 0 Å². The number of hydrogen-bond donors (Lipinski definition) is 0. The number of anilines is 3. The van der Waals surface area contributed by atoms with Gasteiger partial charge < -0.3 is 9.47 Å². The molecule has 0 saturated heterocycles. The molecule has 7 rings (SSSR count). The molecular weight excluding hydrogens is 492 g/mol. The minimum atomic E-state index is -2.64. The van der Waals surface area contributed by atoms with Gasteiger partial charge in [0.1, 0.15) is 0 Å². The number of para-hydroxylation sites is 2. The molecule has 5 aromatic carbocycles. The van der Waals surface area contributed by atoms with E-state index in [4.69, 9.17) is 0 Å². The van der Waals surface area contributed by atoms with Crippen molar-refractivity contribution in [3.05, 3.63) is 149 Å². The molecule has 0 spiro atoms. The second-order valence-electron chi connectivity index (χ2n) is 10.3. The summed E-state index contributed by atoms with van der Waals surface area (Å²) in [5.41, 5.74) is 5.10. The van der Waals surface area contributed by atoms with Crippen molar-refractivity contribution in [2.24, 2.45) is 7.05 Å². The Morgan fingerprint density at radius 3 is 1.69 bits per heavy atom. The Bertz CT molecular complexity index is 1820. The third-order valence-corrected chi connectivity index (χ3v) is 13.0. The van der Waals surface area contributed by atoms with E-state index in [1.54, 1.807) is 0 Å². The Morgan fingerprint density at radius 2 is 1.13 bits per heavy atom. The first-order valence-corrected chi connectivity index (χ1v) is 15.3. The van der Waals surface area contributed by atoms with Crippen LogP contribution in [0, 0.1) is 6.92 Å². The number of fused-ring (bicyclic) bond motifs is 3. The van der Waals surface area contributed by atoms with Crippen molar-refractivity contribution in [2.45, 2.75) is 6.92 Å². The topological polar surface area (TPSA) is 25.2 Å². The van der Waals surface area contributed by atoms with Gasteiger partial charge in [-0.2, -0.15) is 0 Å². The van der Waals surface area contributed by atoms with E-state index in [0.29, 0.717) is 0 Å². The number of aromatic nitrogens is 1. The van der Waals surface area contributed by atoms with Crippen molar-refractivity contribution in [3.63, 3.8) is 0 Å². The minimum Gasteiger partial charge on any atom is -0.350 e. The third kappa shape index (κ3) is 3.38. The summed E-state index contributed by atoms with van der Waals surface area (Å²) < 4.78 is 2.04. The number of pyridine rings is 1. The molecule has 188 valence electrons. The van der Waals surface area contributed by atoms with Gasteiger partial charge in [0, 0.05) is 41.3 Å². The number of rotatable bonds is 3. The largest absolute Gasteiger partial charge is 0.350 e. The first-order chi connectivity index (χ1) is 19.1. The summed E-state index contributed by atoms with van der Waals surface area (Å²) in [7, 11) is -0.641. The number of aryl methyl sites for hydroxylation is 2. The van der Waals surface area contributed by atoms with Gasteiger partial charge in [-0.05, 0) is 58.0 Å². The van der Waals surface area contributed by atoms with Crippen molar-refractivity contribution in [3.8, 4) is 0 Å². The molecule has 1 aliphatic heterocycles. The maximum atomic E-state index is 13.3. The van der Waals surface area contributed by atoms with Gasteiger partial charge in [-0.15, -0.1) is 0 Å². The summed E-state index contributed by atoms with van der Waals surface area (Å²) in [6.07, 6.45) is 1.91. The van der Waals surface area contributed by atoms with Crippen molar-refractivity contribution in [1.29, 1.82) is 0 Å². The Balaban J connectivity index is 1.59. The quantitative estimate of drug-likeness (QED) is 0.306. The lowest BCUT2D eigenvalue weighted by Gasteiger charge is -2.45. The zero-order chi connectivity index (χ0) is 26.6. The van der Waals surface area contributed by atoms with Gasteiger partial charge in [0.2, 0.25) is 0 Å². The van der Waals surface area contributed by atoms with Gasteiger partial charge in [-0.25, -0.2) is 0 Å². The number of hydrogen-bond acceptors (Lipinski definition) is 2. The Hall–Kier alpha value is -4.67. The van der Waals surface area contributed by atoms with Crippen LogP contribution < -0.4 is 31.1 Å². The van der Waals surface area contributed by atoms with E-state index in [2.05, 4.69) is 132 Å². The lowest BCUT2D eigenvalue weighted by atomic mass is 10.1. The molecule has 0 aliphatic carbocycles. The fourth-order valence-electron chi connectivity index (χ4n) is 6.47. The standard InChI is InChI=1S/C35H28N2OSi/c1-25-24-36(2)30-22-21-26(23-29(30)35(25)38)37-31-17-9-11-19-33(31)39(27-13-5-3-6-14-27,28-15-7-4-8-16-28)34-20-12-10-18-32(34)37/h3-24H,1-2H3. The summed E-state index contributed by atoms with van der Waals surface area (Å²) in [4.78, 5) is 15.6. The third-order valence-electron chi connectivity index (χ3n) is 8.12. The van der Waals surface area contributed by atoms with E-state index in [1.807, 2.05) is 24.7 Å². The van der Waals surface area contributed by atoms with E-state index in [1.165, 1.54) is 32.1 Å². The molecule has 0 atom stereocenters. The lowest BCUT2D eigenvalue weighted by molar-refractivity contribution is 0.939. The zero-order valence-electron chi connectivity index (χ0n) is 22.0. The Morgan fingerprint density at radius 1 is 0.615 bits per heavy atom. The van der Waals surface area contributed by atoms with Crippen LogP contribution in [0.2, 0.25) is 0 Å². The second kappa shape index (κ2) is 8.97. The van der Waals surface area contributed by atoms with Gasteiger partial charge in [-0.1, -0.05) is 97.1 Å². The summed E-state index contributed by atoms with van der Waals surface area (Å²) in [5.74, 6) is 0. The highest BCUT2D eigenvalue weighted by atomic mass is 28.3. The maximum absolute atomic E-state index is 13.3. The lowest BCUT2D eigenvalue weighted by Crippen LogP contribution is -2.77. The molecule has 0 saturated carbocycles. The van der Waals surface area contributed by atoms with Crippen LogP contribution in [0.1, 0.15) is 5.56 Å². The summed E-state index contributed by atoms with van der Waals surface area (Å²) in [5, 5.41) is 6.15. The molecule has 0 amide bonds. The number of nitrogens with zero attached hydrogens (tertiary/aromatic N) is 2. The Labute approximate surface area is 229 Å². The van der Waals surface area contributed by atoms with Gasteiger partial charge >= 0.3 is 0 Å². The fourth-order valence-corrected chi connectivity index (χ4v) is 11.6. The predicted octanol–water partition coefficient (Wildman–Crippen LogP) is 5.01. The van der Waals surface area contributed by atoms with E-state index in [-0.39, 0.29) is 5.43 Å². The van der Waals surface area contributed by atoms with Crippen LogP contribution >= 0.6 is 0 Å². The maximum Gasteiger partial charge on any atom is 0.192 e. The predicted molar refractivity (Wildman–Crippen MR) is 166 cm³/mol. The molecule has 39 heavy (non-hydrogen) atoms. The minimum absolute atomic E-state index is 0.0841. The van der Waals surface area contributed by atoms with Crippen LogP contribution in [0.15, 0.2) is 138 Å². The van der Waals surface area contributed by atoms with Crippen LogP contribution in [0.4, 0.5) is 17.1 Å². The summed E-state index contributed by atoms with van der Waals surface area (Å²) >= 11 is 0. The first-order valence-electron chi connectivity index (χ1n) is 13.3. The molecule has 4 heteroatoms. The molecule has 0 fully saturated rings. The summed E-state index contributed by atoms with van der Waals surface area (Å²) in [6, 6.07) is 46.0. The van der Waals surface area contributed by atoms with Crippen molar-refractivity contribution < 1.29 is 0 Å². The van der Waals surface area contributed by atoms with E-state index in [9.17, 15) is 4.79 Å². The molecule has 3 nitrogen and oxygen atoms in total. The molecule has 0 bridgehead atoms. The van der Waals surface area contributed by atoms with Gasteiger partial charge in [-0.3, -0.25) is 4.79 Å². The highest BCUT2D eigenvalue weighted by molar-refractivity contribution is 7.21. The average Bonchev–Trinajstić information content (AvgIpc) is 2.99. The van der Waals surface area contributed by atoms with Crippen LogP contribution in [0.5, 0.6) is 0 Å². The van der Waals surface area contributed by atoms with Crippen molar-refractivity contribution in [2.75, 3.05) is 4.90 Å². The highest BCUT2D eigenvalue weighted by Gasteiger charge is 2.48. The van der Waals surface area contributed by atoms with Crippen LogP contribution in [-0.2, 0) is 7.05 Å². The summed E-state index contributed by atoms with van der Waals surface area (Å²) in [6.45, 7) is 1.89. The molecule has 0 N–H and O–H groups in total. The molecule has 1 aliphatic rings. The molecule has 6 aromatic rings. The highest BCUT2D eigenvalue weighted by Crippen LogP contribution is 2.38. The molecular formula is C35H28N2OSi. The van der Waals surface area contributed by atoms with Gasteiger partial charge in [0.05, 0.1) is 5.52 Å². The number of benzene rings is 5. The molecule has 1 aromatic heterocycles. The van der Waals surface area contributed by atoms with Crippen LogP contribution in [0.25, 0.3) is 10.9 Å². The van der Waals surface area contributed by atoms with E-state index < -0.39 is 8.07 Å². The van der Waals surface area contributed by atoms with Crippen LogP contribution in [-0.4, -0.2) is 12.6 Å². The smallest absolute Gasteiger partial charge is 0.192 e. The Kier molecular flexibility index (Phi) is 5.39. The molecule has 0 unspecified atom stereocenters. The van der Waals surface area contributed by atoms with Gasteiger partial charge in [0.15, 0.2) is 13.5 Å². The monoisotopic (exact) mass is 520 g/mol. The van der Waals surface area contributed by atoms with Gasteiger partial charge in [0.25, 0.3) is 0 Å². The normalized spacial score (nSPS) is 13.6. The fraction of sp³-hybridized carbons (Fsp3) is 0.0571. The zero-order valence-corrected chi connectivity index (χ0v) is 23.0. The molecule has 2 heterocycles. The average molecular weight is 521 g/mol. The van der Waals surface area contributed by atoms with Crippen molar-refractivity contribution in [1.82, 2.24) is 4.57 Å². The SMILES string of the molecule is Cc1cn(C)c2ccc(N3c4ccccc4[Si](c4ccccc4)(c4ccccc4)c4ccccc43)cc2c1=O. The van der Waals surface area contributed by atoms with E-state index in [0.717, 1.165) is 22.2 Å². The molecule has 0 radical (unpaired) electrons. The second-order valence-corrected chi connectivity index (χ2v) is 14.0.